The highest BCUT2D eigenvalue weighted by molar-refractivity contribution is 5.65. The first-order valence-corrected chi connectivity index (χ1v) is 7.03. The minimum Gasteiger partial charge on any atom is -0.428 e. The molecule has 1 aliphatic carbocycles. The fourth-order valence-corrected chi connectivity index (χ4v) is 2.83. The van der Waals surface area contributed by atoms with E-state index in [-0.39, 0.29) is 11.9 Å². The van der Waals surface area contributed by atoms with Gasteiger partial charge in [0, 0.05) is 11.5 Å². The predicted molar refractivity (Wildman–Crippen MR) is 77.1 cm³/mol. The van der Waals surface area contributed by atoms with Gasteiger partial charge in [0.05, 0.1) is 0 Å². The van der Waals surface area contributed by atoms with Gasteiger partial charge in [-0.2, -0.15) is 4.98 Å². The van der Waals surface area contributed by atoms with Gasteiger partial charge in [0.25, 0.3) is 6.01 Å². The summed E-state index contributed by atoms with van der Waals surface area (Å²) in [4.78, 5) is 4.36. The standard InChI is InChI=1S/C16H20N2O/c1-10(2)15-14(18-16(17)19-15)13-8-7-11-5-3-4-6-12(11)9-13/h7-10H,3-6H2,1-2H3,(H2,17,18). The number of aromatic nitrogens is 1. The number of nitrogens with two attached hydrogens (primary N) is 1. The van der Waals surface area contributed by atoms with Crippen molar-refractivity contribution in [2.24, 2.45) is 0 Å². The molecule has 0 radical (unpaired) electrons. The molecule has 2 N–H and O–H groups in total. The Morgan fingerprint density at radius 2 is 1.89 bits per heavy atom. The summed E-state index contributed by atoms with van der Waals surface area (Å²) in [6, 6.07) is 6.90. The highest BCUT2D eigenvalue weighted by Crippen LogP contribution is 2.33. The molecular weight excluding hydrogens is 236 g/mol. The monoisotopic (exact) mass is 256 g/mol. The lowest BCUT2D eigenvalue weighted by Gasteiger charge is -2.16. The topological polar surface area (TPSA) is 52.0 Å². The quantitative estimate of drug-likeness (QED) is 0.885. The number of hydrogen-bond acceptors (Lipinski definition) is 3. The van der Waals surface area contributed by atoms with E-state index >= 15 is 0 Å². The second-order valence-electron chi connectivity index (χ2n) is 5.61. The van der Waals surface area contributed by atoms with Crippen LogP contribution in [-0.2, 0) is 12.8 Å². The van der Waals surface area contributed by atoms with E-state index in [1.165, 1.54) is 36.8 Å². The summed E-state index contributed by atoms with van der Waals surface area (Å²) in [6.45, 7) is 4.20. The van der Waals surface area contributed by atoms with E-state index in [4.69, 9.17) is 10.2 Å². The molecule has 3 heteroatoms. The van der Waals surface area contributed by atoms with Gasteiger partial charge >= 0.3 is 0 Å². The Morgan fingerprint density at radius 3 is 2.63 bits per heavy atom. The largest absolute Gasteiger partial charge is 0.428 e. The molecule has 3 rings (SSSR count). The van der Waals surface area contributed by atoms with Crippen LogP contribution in [0.25, 0.3) is 11.3 Å². The Hall–Kier alpha value is -1.77. The number of nitrogen functional groups attached to an aromatic ring is 1. The van der Waals surface area contributed by atoms with Crippen molar-refractivity contribution in [2.45, 2.75) is 45.4 Å². The maximum absolute atomic E-state index is 5.71. The van der Waals surface area contributed by atoms with Gasteiger partial charge < -0.3 is 10.2 Å². The Kier molecular flexibility index (Phi) is 3.05. The zero-order valence-electron chi connectivity index (χ0n) is 11.6. The van der Waals surface area contributed by atoms with Crippen LogP contribution in [0.2, 0.25) is 0 Å². The van der Waals surface area contributed by atoms with E-state index in [0.29, 0.717) is 0 Å². The minimum absolute atomic E-state index is 0.261. The van der Waals surface area contributed by atoms with Crippen LogP contribution in [0.3, 0.4) is 0 Å². The third-order valence-corrected chi connectivity index (χ3v) is 3.82. The smallest absolute Gasteiger partial charge is 0.292 e. The van der Waals surface area contributed by atoms with Crippen molar-refractivity contribution in [3.63, 3.8) is 0 Å². The van der Waals surface area contributed by atoms with Gasteiger partial charge in [-0.3, -0.25) is 0 Å². The molecule has 2 aromatic rings. The minimum atomic E-state index is 0.261. The van der Waals surface area contributed by atoms with Crippen molar-refractivity contribution >= 4 is 6.01 Å². The molecule has 0 bridgehead atoms. The number of hydrogen-bond donors (Lipinski definition) is 1. The zero-order valence-corrected chi connectivity index (χ0v) is 11.6. The summed E-state index contributed by atoms with van der Waals surface area (Å²) < 4.78 is 5.54. The lowest BCUT2D eigenvalue weighted by atomic mass is 9.89. The molecule has 0 atom stereocenters. The number of nitrogens with zero attached hydrogens (tertiary/aromatic N) is 1. The van der Waals surface area contributed by atoms with Crippen LogP contribution in [-0.4, -0.2) is 4.98 Å². The first kappa shape index (κ1) is 12.3. The fourth-order valence-electron chi connectivity index (χ4n) is 2.83. The average Bonchev–Trinajstić information content (AvgIpc) is 2.80. The van der Waals surface area contributed by atoms with Crippen molar-refractivity contribution in [3.8, 4) is 11.3 Å². The number of aryl methyl sites for hydroxylation is 2. The van der Waals surface area contributed by atoms with Gasteiger partial charge in [0.1, 0.15) is 11.5 Å². The molecule has 0 spiro atoms. The average molecular weight is 256 g/mol. The molecule has 3 nitrogen and oxygen atoms in total. The molecule has 0 amide bonds. The maximum atomic E-state index is 5.71. The predicted octanol–water partition coefficient (Wildman–Crippen LogP) is 3.93. The normalized spacial score (nSPS) is 14.7. The van der Waals surface area contributed by atoms with E-state index in [1.807, 2.05) is 0 Å². The van der Waals surface area contributed by atoms with Crippen molar-refractivity contribution in [1.82, 2.24) is 4.98 Å². The van der Waals surface area contributed by atoms with Crippen molar-refractivity contribution in [1.29, 1.82) is 0 Å². The third kappa shape index (κ3) is 2.25. The Morgan fingerprint density at radius 1 is 1.16 bits per heavy atom. The Balaban J connectivity index is 2.07. The molecule has 0 saturated carbocycles. The van der Waals surface area contributed by atoms with E-state index in [2.05, 4.69) is 37.0 Å². The first-order valence-electron chi connectivity index (χ1n) is 7.03. The maximum Gasteiger partial charge on any atom is 0.292 e. The van der Waals surface area contributed by atoms with E-state index in [0.717, 1.165) is 17.0 Å². The number of oxazole rings is 1. The molecule has 1 aliphatic rings. The van der Waals surface area contributed by atoms with Crippen LogP contribution in [0.15, 0.2) is 22.6 Å². The Bertz CT molecular complexity index is 599. The summed E-state index contributed by atoms with van der Waals surface area (Å²) in [5.74, 6) is 1.17. The van der Waals surface area contributed by atoms with E-state index < -0.39 is 0 Å². The second kappa shape index (κ2) is 4.72. The van der Waals surface area contributed by atoms with Crippen molar-refractivity contribution in [2.75, 3.05) is 5.73 Å². The third-order valence-electron chi connectivity index (χ3n) is 3.82. The molecule has 1 aromatic heterocycles. The van der Waals surface area contributed by atoms with Crippen LogP contribution in [0.5, 0.6) is 0 Å². The molecule has 0 fully saturated rings. The molecule has 100 valence electrons. The van der Waals surface area contributed by atoms with Gasteiger partial charge in [-0.25, -0.2) is 0 Å². The summed E-state index contributed by atoms with van der Waals surface area (Å²) >= 11 is 0. The number of fused-ring (bicyclic) bond motifs is 1. The molecule has 19 heavy (non-hydrogen) atoms. The van der Waals surface area contributed by atoms with Crippen LogP contribution >= 0.6 is 0 Å². The second-order valence-corrected chi connectivity index (χ2v) is 5.61. The van der Waals surface area contributed by atoms with Gasteiger partial charge in [-0.1, -0.05) is 26.0 Å². The zero-order chi connectivity index (χ0) is 13.4. The molecule has 1 aromatic carbocycles. The molecule has 1 heterocycles. The highest BCUT2D eigenvalue weighted by atomic mass is 16.4. The van der Waals surface area contributed by atoms with Crippen LogP contribution < -0.4 is 5.73 Å². The lowest BCUT2D eigenvalue weighted by Crippen LogP contribution is -2.02. The Labute approximate surface area is 113 Å². The van der Waals surface area contributed by atoms with Gasteiger partial charge in [0.15, 0.2) is 0 Å². The fraction of sp³-hybridized carbons (Fsp3) is 0.438. The molecule has 0 unspecified atom stereocenters. The van der Waals surface area contributed by atoms with Crippen molar-refractivity contribution in [3.05, 3.63) is 35.1 Å². The highest BCUT2D eigenvalue weighted by Gasteiger charge is 2.18. The van der Waals surface area contributed by atoms with E-state index in [1.54, 1.807) is 0 Å². The van der Waals surface area contributed by atoms with Gasteiger partial charge in [-0.15, -0.1) is 0 Å². The lowest BCUT2D eigenvalue weighted by molar-refractivity contribution is 0.500. The SMILES string of the molecule is CC(C)c1oc(N)nc1-c1ccc2c(c1)CCCC2. The van der Waals surface area contributed by atoms with Crippen molar-refractivity contribution < 1.29 is 4.42 Å². The summed E-state index contributed by atoms with van der Waals surface area (Å²) in [5, 5.41) is 0. The number of anilines is 1. The van der Waals surface area contributed by atoms with Crippen LogP contribution in [0.1, 0.15) is 49.5 Å². The molecule has 0 saturated heterocycles. The van der Waals surface area contributed by atoms with Crippen LogP contribution in [0.4, 0.5) is 6.01 Å². The number of rotatable bonds is 2. The number of benzene rings is 1. The summed E-state index contributed by atoms with van der Waals surface area (Å²) in [6.07, 6.45) is 4.97. The molecule has 0 aliphatic heterocycles. The van der Waals surface area contributed by atoms with E-state index in [9.17, 15) is 0 Å². The van der Waals surface area contributed by atoms with Gasteiger partial charge in [0.2, 0.25) is 0 Å². The summed E-state index contributed by atoms with van der Waals surface area (Å²) in [7, 11) is 0. The molecular formula is C16H20N2O. The first-order chi connectivity index (χ1) is 9.15. The van der Waals surface area contributed by atoms with Crippen LogP contribution in [0, 0.1) is 0 Å². The van der Waals surface area contributed by atoms with Gasteiger partial charge in [-0.05, 0) is 42.9 Å². The summed E-state index contributed by atoms with van der Waals surface area (Å²) in [5.41, 5.74) is 10.7.